The molecule has 8 rings (SSSR count). The van der Waals surface area contributed by atoms with Gasteiger partial charge in [0.1, 0.15) is 0 Å². The lowest BCUT2D eigenvalue weighted by atomic mass is 9.84. The van der Waals surface area contributed by atoms with Gasteiger partial charge in [0, 0.05) is 16.5 Å². The largest absolute Gasteiger partial charge is 0.309 e. The summed E-state index contributed by atoms with van der Waals surface area (Å²) in [6, 6.07) is 51.6. The van der Waals surface area contributed by atoms with Crippen LogP contribution in [-0.2, 0) is 0 Å². The summed E-state index contributed by atoms with van der Waals surface area (Å²) in [4.78, 5) is 0. The fourth-order valence-corrected chi connectivity index (χ4v) is 6.88. The van der Waals surface area contributed by atoms with Crippen molar-refractivity contribution in [3.8, 4) is 27.9 Å². The highest BCUT2D eigenvalue weighted by atomic mass is 15.0. The average Bonchev–Trinajstić information content (AvgIpc) is 3.38. The summed E-state index contributed by atoms with van der Waals surface area (Å²) < 4.78 is 2.39. The molecule has 1 heteroatoms. The number of para-hydroxylation sites is 2. The van der Waals surface area contributed by atoms with E-state index >= 15 is 0 Å². The molecule has 0 saturated carbocycles. The Bertz CT molecular complexity index is 2250. The molecule has 0 fully saturated rings. The van der Waals surface area contributed by atoms with E-state index in [1.54, 1.807) is 0 Å². The van der Waals surface area contributed by atoms with E-state index in [4.69, 9.17) is 0 Å². The average molecular weight is 552 g/mol. The Hall–Kier alpha value is -5.14. The van der Waals surface area contributed by atoms with E-state index in [-0.39, 0.29) is 0 Å². The van der Waals surface area contributed by atoms with Crippen LogP contribution in [0.15, 0.2) is 140 Å². The highest BCUT2D eigenvalue weighted by molar-refractivity contribution is 6.21. The molecule has 0 bridgehead atoms. The minimum Gasteiger partial charge on any atom is -0.309 e. The summed E-state index contributed by atoms with van der Waals surface area (Å²) in [5, 5.41) is 7.76. The SMILES string of the molecule is Cc1ccc(-c2c3ccccc3c(-c3ccc(-n4c5ccccc5c5ccccc54)cc3)c3ccc(C(C)C)cc23)cc1. The summed E-state index contributed by atoms with van der Waals surface area (Å²) in [6.45, 7) is 6.72. The maximum Gasteiger partial charge on any atom is 0.0541 e. The monoisotopic (exact) mass is 551 g/mol. The number of benzene rings is 7. The Morgan fingerprint density at radius 2 is 0.907 bits per heavy atom. The van der Waals surface area contributed by atoms with Crippen LogP contribution < -0.4 is 0 Å². The molecule has 0 saturated heterocycles. The molecule has 0 aliphatic rings. The predicted octanol–water partition coefficient (Wildman–Crippen LogP) is 11.9. The van der Waals surface area contributed by atoms with Crippen LogP contribution in [0.5, 0.6) is 0 Å². The molecule has 206 valence electrons. The van der Waals surface area contributed by atoms with Crippen molar-refractivity contribution < 1.29 is 0 Å². The van der Waals surface area contributed by atoms with Crippen molar-refractivity contribution in [2.24, 2.45) is 0 Å². The van der Waals surface area contributed by atoms with Crippen molar-refractivity contribution in [2.75, 3.05) is 0 Å². The molecule has 1 heterocycles. The van der Waals surface area contributed by atoms with E-state index in [2.05, 4.69) is 165 Å². The molecule has 0 amide bonds. The van der Waals surface area contributed by atoms with Crippen LogP contribution in [0, 0.1) is 6.92 Å². The quantitative estimate of drug-likeness (QED) is 0.192. The number of aryl methyl sites for hydroxylation is 1. The van der Waals surface area contributed by atoms with Gasteiger partial charge in [-0.15, -0.1) is 0 Å². The smallest absolute Gasteiger partial charge is 0.0541 e. The highest BCUT2D eigenvalue weighted by Crippen LogP contribution is 2.44. The maximum absolute atomic E-state index is 2.43. The van der Waals surface area contributed by atoms with Crippen LogP contribution in [0.1, 0.15) is 30.9 Å². The van der Waals surface area contributed by atoms with Gasteiger partial charge in [-0.2, -0.15) is 0 Å². The van der Waals surface area contributed by atoms with Crippen molar-refractivity contribution in [1.29, 1.82) is 0 Å². The maximum atomic E-state index is 2.43. The molecule has 43 heavy (non-hydrogen) atoms. The van der Waals surface area contributed by atoms with Gasteiger partial charge in [0.2, 0.25) is 0 Å². The number of hydrogen-bond donors (Lipinski definition) is 0. The number of fused-ring (bicyclic) bond motifs is 5. The lowest BCUT2D eigenvalue weighted by Gasteiger charge is -2.19. The fourth-order valence-electron chi connectivity index (χ4n) is 6.88. The van der Waals surface area contributed by atoms with Crippen molar-refractivity contribution in [1.82, 2.24) is 4.57 Å². The third-order valence-corrected chi connectivity index (χ3v) is 9.05. The topological polar surface area (TPSA) is 4.93 Å². The zero-order valence-corrected chi connectivity index (χ0v) is 24.8. The molecular formula is C42H33N. The zero-order valence-electron chi connectivity index (χ0n) is 24.8. The number of hydrogen-bond acceptors (Lipinski definition) is 0. The highest BCUT2D eigenvalue weighted by Gasteiger charge is 2.18. The minimum absolute atomic E-state index is 0.454. The van der Waals surface area contributed by atoms with Crippen LogP contribution in [0.2, 0.25) is 0 Å². The zero-order chi connectivity index (χ0) is 29.1. The Labute approximate surface area is 252 Å². The third-order valence-electron chi connectivity index (χ3n) is 9.05. The van der Waals surface area contributed by atoms with Crippen LogP contribution in [-0.4, -0.2) is 4.57 Å². The minimum atomic E-state index is 0.454. The second-order valence-electron chi connectivity index (χ2n) is 12.0. The Morgan fingerprint density at radius 1 is 0.442 bits per heavy atom. The molecule has 0 radical (unpaired) electrons. The number of rotatable bonds is 4. The van der Waals surface area contributed by atoms with Gasteiger partial charge >= 0.3 is 0 Å². The first kappa shape index (κ1) is 25.6. The van der Waals surface area contributed by atoms with Gasteiger partial charge in [-0.3, -0.25) is 0 Å². The van der Waals surface area contributed by atoms with Gasteiger partial charge in [0.05, 0.1) is 11.0 Å². The summed E-state index contributed by atoms with van der Waals surface area (Å²) in [5.41, 5.74) is 11.4. The van der Waals surface area contributed by atoms with E-state index in [1.807, 2.05) is 0 Å². The molecule has 0 aliphatic carbocycles. The number of nitrogens with zero attached hydrogens (tertiary/aromatic N) is 1. The standard InChI is InChI=1S/C42H33N/c1-27(2)31-22-25-37-38(26-31)42(29-18-16-28(3)17-19-29)36-13-5-4-12-35(36)41(37)30-20-23-32(24-21-30)43-39-14-8-6-10-33(39)34-11-7-9-15-40(34)43/h4-27H,1-3H3. The normalized spacial score (nSPS) is 11.8. The molecule has 0 aliphatic heterocycles. The first-order valence-electron chi connectivity index (χ1n) is 15.2. The predicted molar refractivity (Wildman–Crippen MR) is 185 cm³/mol. The Morgan fingerprint density at radius 3 is 1.47 bits per heavy atom. The first-order valence-corrected chi connectivity index (χ1v) is 15.2. The van der Waals surface area contributed by atoms with Crippen molar-refractivity contribution >= 4 is 43.4 Å². The lowest BCUT2D eigenvalue weighted by molar-refractivity contribution is 0.869. The molecule has 0 spiro atoms. The van der Waals surface area contributed by atoms with Crippen LogP contribution in [0.4, 0.5) is 0 Å². The molecule has 1 nitrogen and oxygen atoms in total. The summed E-state index contributed by atoms with van der Waals surface area (Å²) in [7, 11) is 0. The first-order chi connectivity index (χ1) is 21.1. The van der Waals surface area contributed by atoms with Gasteiger partial charge in [-0.05, 0) is 86.5 Å². The second kappa shape index (κ2) is 10.00. The second-order valence-corrected chi connectivity index (χ2v) is 12.0. The van der Waals surface area contributed by atoms with E-state index in [9.17, 15) is 0 Å². The van der Waals surface area contributed by atoms with E-state index in [0.29, 0.717) is 5.92 Å². The summed E-state index contributed by atoms with van der Waals surface area (Å²) in [6.07, 6.45) is 0. The van der Waals surface area contributed by atoms with Gasteiger partial charge < -0.3 is 4.57 Å². The van der Waals surface area contributed by atoms with Gasteiger partial charge in [0.15, 0.2) is 0 Å². The van der Waals surface area contributed by atoms with Crippen LogP contribution in [0.25, 0.3) is 71.3 Å². The summed E-state index contributed by atoms with van der Waals surface area (Å²) >= 11 is 0. The third kappa shape index (κ3) is 4.07. The lowest BCUT2D eigenvalue weighted by Crippen LogP contribution is -1.95. The van der Waals surface area contributed by atoms with Crippen molar-refractivity contribution in [3.63, 3.8) is 0 Å². The van der Waals surface area contributed by atoms with Crippen LogP contribution >= 0.6 is 0 Å². The van der Waals surface area contributed by atoms with Gasteiger partial charge in [-0.25, -0.2) is 0 Å². The number of aromatic nitrogens is 1. The van der Waals surface area contributed by atoms with Crippen molar-refractivity contribution in [2.45, 2.75) is 26.7 Å². The molecule has 8 aromatic rings. The van der Waals surface area contributed by atoms with E-state index in [0.717, 1.165) is 0 Å². The van der Waals surface area contributed by atoms with Gasteiger partial charge in [0.25, 0.3) is 0 Å². The molecular weight excluding hydrogens is 518 g/mol. The summed E-state index contributed by atoms with van der Waals surface area (Å²) in [5.74, 6) is 0.454. The van der Waals surface area contributed by atoms with Crippen molar-refractivity contribution in [3.05, 3.63) is 151 Å². The molecule has 0 unspecified atom stereocenters. The fraction of sp³-hybridized carbons (Fsp3) is 0.0952. The Balaban J connectivity index is 1.39. The van der Waals surface area contributed by atoms with E-state index in [1.165, 1.54) is 82.4 Å². The van der Waals surface area contributed by atoms with Crippen LogP contribution in [0.3, 0.4) is 0 Å². The molecule has 0 atom stereocenters. The molecule has 0 N–H and O–H groups in total. The molecule has 1 aromatic heterocycles. The molecule has 7 aromatic carbocycles. The van der Waals surface area contributed by atoms with E-state index < -0.39 is 0 Å². The Kier molecular flexibility index (Phi) is 5.94. The van der Waals surface area contributed by atoms with Gasteiger partial charge in [-0.1, -0.05) is 135 Å².